The highest BCUT2D eigenvalue weighted by molar-refractivity contribution is 5.97. The number of hydrogen-bond donors (Lipinski definition) is 2. The van der Waals surface area contributed by atoms with Crippen LogP contribution in [0.4, 0.5) is 0 Å². The minimum absolute atomic E-state index is 0.131. The van der Waals surface area contributed by atoms with Crippen LogP contribution in [0.5, 0.6) is 0 Å². The maximum atomic E-state index is 8.59. The molecule has 94 valence electrons. The van der Waals surface area contributed by atoms with Crippen molar-refractivity contribution in [2.45, 2.75) is 33.3 Å². The summed E-state index contributed by atoms with van der Waals surface area (Å²) >= 11 is 0. The van der Waals surface area contributed by atoms with Crippen LogP contribution in [0.25, 0.3) is 0 Å². The van der Waals surface area contributed by atoms with Gasteiger partial charge in [0.2, 0.25) is 0 Å². The molecule has 0 radical (unpaired) electrons. The van der Waals surface area contributed by atoms with E-state index in [1.54, 1.807) is 0 Å². The van der Waals surface area contributed by atoms with E-state index in [0.29, 0.717) is 6.61 Å². The molecule has 0 aliphatic carbocycles. The van der Waals surface area contributed by atoms with Gasteiger partial charge in [-0.1, -0.05) is 30.6 Å². The maximum absolute atomic E-state index is 8.59. The molecule has 4 heteroatoms. The lowest BCUT2D eigenvalue weighted by molar-refractivity contribution is 0.117. The molecular formula is C13H20N2O2. The zero-order valence-electron chi connectivity index (χ0n) is 10.4. The van der Waals surface area contributed by atoms with Gasteiger partial charge in [-0.05, 0) is 30.5 Å². The number of benzene rings is 1. The number of unbranched alkanes of at least 4 members (excludes halogenated alkanes) is 1. The zero-order valence-corrected chi connectivity index (χ0v) is 10.4. The second-order valence-electron chi connectivity index (χ2n) is 4.03. The summed E-state index contributed by atoms with van der Waals surface area (Å²) < 4.78 is 5.56. The molecule has 0 aromatic heterocycles. The second kappa shape index (κ2) is 6.91. The molecule has 0 spiro atoms. The van der Waals surface area contributed by atoms with Crippen molar-refractivity contribution in [3.63, 3.8) is 0 Å². The fraction of sp³-hybridized carbons (Fsp3) is 0.462. The van der Waals surface area contributed by atoms with Crippen LogP contribution in [-0.4, -0.2) is 17.6 Å². The summed E-state index contributed by atoms with van der Waals surface area (Å²) in [7, 11) is 0. The summed E-state index contributed by atoms with van der Waals surface area (Å²) in [6.45, 7) is 5.54. The van der Waals surface area contributed by atoms with Crippen molar-refractivity contribution in [1.29, 1.82) is 0 Å². The molecule has 0 amide bonds. The van der Waals surface area contributed by atoms with Crippen molar-refractivity contribution in [2.75, 3.05) is 6.61 Å². The molecule has 0 atom stereocenters. The molecule has 0 aliphatic rings. The Bertz CT molecular complexity index is 389. The fourth-order valence-electron chi connectivity index (χ4n) is 1.50. The molecular weight excluding hydrogens is 216 g/mol. The lowest BCUT2D eigenvalue weighted by atomic mass is 10.1. The van der Waals surface area contributed by atoms with Crippen LogP contribution >= 0.6 is 0 Å². The van der Waals surface area contributed by atoms with Crippen LogP contribution in [0, 0.1) is 6.92 Å². The molecule has 3 N–H and O–H groups in total. The van der Waals surface area contributed by atoms with Gasteiger partial charge in [0.1, 0.15) is 0 Å². The van der Waals surface area contributed by atoms with E-state index in [4.69, 9.17) is 15.7 Å². The quantitative estimate of drug-likeness (QED) is 0.262. The summed E-state index contributed by atoms with van der Waals surface area (Å²) in [6, 6.07) is 5.68. The first kappa shape index (κ1) is 13.5. The Morgan fingerprint density at radius 1 is 1.47 bits per heavy atom. The molecule has 0 fully saturated rings. The number of nitrogens with two attached hydrogens (primary N) is 1. The second-order valence-corrected chi connectivity index (χ2v) is 4.03. The Morgan fingerprint density at radius 3 is 2.82 bits per heavy atom. The highest BCUT2D eigenvalue weighted by Crippen LogP contribution is 2.12. The van der Waals surface area contributed by atoms with Crippen molar-refractivity contribution in [3.05, 3.63) is 34.9 Å². The first-order valence-corrected chi connectivity index (χ1v) is 5.84. The highest BCUT2D eigenvalue weighted by atomic mass is 16.5. The number of aryl methyl sites for hydroxylation is 1. The third-order valence-electron chi connectivity index (χ3n) is 2.65. The predicted molar refractivity (Wildman–Crippen MR) is 68.3 cm³/mol. The molecule has 0 bridgehead atoms. The zero-order chi connectivity index (χ0) is 12.7. The van der Waals surface area contributed by atoms with Gasteiger partial charge in [0, 0.05) is 12.2 Å². The van der Waals surface area contributed by atoms with Crippen molar-refractivity contribution < 1.29 is 9.94 Å². The smallest absolute Gasteiger partial charge is 0.170 e. The van der Waals surface area contributed by atoms with E-state index >= 15 is 0 Å². The van der Waals surface area contributed by atoms with Gasteiger partial charge in [-0.3, -0.25) is 0 Å². The van der Waals surface area contributed by atoms with Gasteiger partial charge in [0.25, 0.3) is 0 Å². The normalized spacial score (nSPS) is 11.8. The van der Waals surface area contributed by atoms with Crippen molar-refractivity contribution in [1.82, 2.24) is 0 Å². The van der Waals surface area contributed by atoms with Gasteiger partial charge in [-0.25, -0.2) is 0 Å². The Kier molecular flexibility index (Phi) is 5.49. The first-order valence-electron chi connectivity index (χ1n) is 5.84. The first-order chi connectivity index (χ1) is 8.19. The van der Waals surface area contributed by atoms with E-state index < -0.39 is 0 Å². The standard InChI is InChI=1S/C13H20N2O2/c1-3-4-7-17-9-12-6-5-11(8-10(12)2)13(14)15-16/h5-6,8,16H,3-4,7,9H2,1-2H3,(H2,14,15). The maximum Gasteiger partial charge on any atom is 0.170 e. The van der Waals surface area contributed by atoms with E-state index in [9.17, 15) is 0 Å². The topological polar surface area (TPSA) is 67.8 Å². The number of hydrogen-bond acceptors (Lipinski definition) is 3. The van der Waals surface area contributed by atoms with Gasteiger partial charge in [-0.15, -0.1) is 0 Å². The van der Waals surface area contributed by atoms with Crippen LogP contribution in [0.15, 0.2) is 23.4 Å². The summed E-state index contributed by atoms with van der Waals surface area (Å²) in [5.74, 6) is 0.131. The summed E-state index contributed by atoms with van der Waals surface area (Å²) in [5, 5.41) is 11.6. The van der Waals surface area contributed by atoms with Gasteiger partial charge in [0.15, 0.2) is 5.84 Å². The van der Waals surface area contributed by atoms with Gasteiger partial charge in [-0.2, -0.15) is 0 Å². The Hall–Kier alpha value is -1.55. The number of oxime groups is 1. The molecule has 0 saturated heterocycles. The molecule has 1 rings (SSSR count). The number of ether oxygens (including phenoxy) is 1. The molecule has 17 heavy (non-hydrogen) atoms. The van der Waals surface area contributed by atoms with Gasteiger partial charge < -0.3 is 15.7 Å². The number of nitrogens with zero attached hydrogens (tertiary/aromatic N) is 1. The summed E-state index contributed by atoms with van der Waals surface area (Å²) in [6.07, 6.45) is 2.22. The van der Waals surface area contributed by atoms with Gasteiger partial charge in [0.05, 0.1) is 6.61 Å². The average Bonchev–Trinajstić information content (AvgIpc) is 2.35. The van der Waals surface area contributed by atoms with E-state index in [1.165, 1.54) is 0 Å². The minimum Gasteiger partial charge on any atom is -0.409 e. The predicted octanol–water partition coefficient (Wildman–Crippen LogP) is 2.41. The molecule has 4 nitrogen and oxygen atoms in total. The van der Waals surface area contributed by atoms with Crippen LogP contribution in [0.2, 0.25) is 0 Å². The van der Waals surface area contributed by atoms with Crippen LogP contribution in [0.3, 0.4) is 0 Å². The monoisotopic (exact) mass is 236 g/mol. The van der Waals surface area contributed by atoms with Crippen molar-refractivity contribution >= 4 is 5.84 Å². The Labute approximate surface area is 102 Å². The lowest BCUT2D eigenvalue weighted by Crippen LogP contribution is -2.13. The van der Waals surface area contributed by atoms with Crippen molar-refractivity contribution in [2.24, 2.45) is 10.9 Å². The Morgan fingerprint density at radius 2 is 2.24 bits per heavy atom. The van der Waals surface area contributed by atoms with E-state index in [1.807, 2.05) is 25.1 Å². The highest BCUT2D eigenvalue weighted by Gasteiger charge is 2.03. The molecule has 0 heterocycles. The third kappa shape index (κ3) is 4.07. The van der Waals surface area contributed by atoms with Crippen molar-refractivity contribution in [3.8, 4) is 0 Å². The van der Waals surface area contributed by atoms with E-state index in [-0.39, 0.29) is 5.84 Å². The molecule has 1 aromatic rings. The van der Waals surface area contributed by atoms with Crippen LogP contribution < -0.4 is 5.73 Å². The van der Waals surface area contributed by atoms with Crippen LogP contribution in [0.1, 0.15) is 36.5 Å². The lowest BCUT2D eigenvalue weighted by Gasteiger charge is -2.08. The molecule has 0 aliphatic heterocycles. The van der Waals surface area contributed by atoms with Crippen LogP contribution in [-0.2, 0) is 11.3 Å². The largest absolute Gasteiger partial charge is 0.409 e. The number of rotatable bonds is 6. The molecule has 0 saturated carbocycles. The average molecular weight is 236 g/mol. The molecule has 0 unspecified atom stereocenters. The fourth-order valence-corrected chi connectivity index (χ4v) is 1.50. The van der Waals surface area contributed by atoms with E-state index in [2.05, 4.69) is 12.1 Å². The van der Waals surface area contributed by atoms with Gasteiger partial charge >= 0.3 is 0 Å². The minimum atomic E-state index is 0.131. The van der Waals surface area contributed by atoms with E-state index in [0.717, 1.165) is 36.1 Å². The molecule has 1 aromatic carbocycles. The third-order valence-corrected chi connectivity index (χ3v) is 2.65. The summed E-state index contributed by atoms with van der Waals surface area (Å²) in [5.41, 5.74) is 8.47. The number of amidine groups is 1. The summed E-state index contributed by atoms with van der Waals surface area (Å²) in [4.78, 5) is 0. The SMILES string of the molecule is CCCCOCc1ccc(/C(N)=N/O)cc1C. The Balaban J connectivity index is 2.63.